The molecule has 0 aromatic carbocycles. The van der Waals surface area contributed by atoms with Gasteiger partial charge in [-0.1, -0.05) is 158 Å². The number of rotatable bonds is 37. The van der Waals surface area contributed by atoms with Crippen LogP contribution in [0.1, 0.15) is 187 Å². The van der Waals surface area contributed by atoms with Crippen molar-refractivity contribution in [2.24, 2.45) is 5.73 Å². The number of ether oxygens (including phenoxy) is 1. The molecule has 52 heavy (non-hydrogen) atoms. The number of carbonyl (C=O) groups excluding carboxylic acids is 2. The molecule has 7 nitrogen and oxygen atoms in total. The fraction of sp³-hybridized carbons (Fsp3) is 0.711. The van der Waals surface area contributed by atoms with E-state index < -0.39 is 12.0 Å². The van der Waals surface area contributed by atoms with Gasteiger partial charge in [0.25, 0.3) is 0 Å². The number of hydrogen-bond acceptors (Lipinski definition) is 5. The predicted molar refractivity (Wildman–Crippen MR) is 220 cm³/mol. The first-order chi connectivity index (χ1) is 25.4. The Morgan fingerprint density at radius 3 is 1.52 bits per heavy atom. The number of carboxylic acid groups (broad SMARTS) is 1. The van der Waals surface area contributed by atoms with Crippen molar-refractivity contribution in [2.75, 3.05) is 6.54 Å². The highest BCUT2D eigenvalue weighted by Gasteiger charge is 2.19. The number of nitrogens with one attached hydrogen (secondary N) is 1. The van der Waals surface area contributed by atoms with Crippen molar-refractivity contribution in [1.82, 2.24) is 5.32 Å². The smallest absolute Gasteiger partial charge is 0.326 e. The summed E-state index contributed by atoms with van der Waals surface area (Å²) < 4.78 is 5.87. The number of carboxylic acids is 1. The number of unbranched alkanes of at least 4 members (excludes halogenated alkanes) is 15. The van der Waals surface area contributed by atoms with Gasteiger partial charge in [-0.25, -0.2) is 4.79 Å². The Morgan fingerprint density at radius 2 is 1.04 bits per heavy atom. The third-order valence-corrected chi connectivity index (χ3v) is 9.08. The molecule has 0 rings (SSSR count). The van der Waals surface area contributed by atoms with E-state index in [1.807, 2.05) is 12.2 Å². The molecule has 0 bridgehead atoms. The summed E-state index contributed by atoms with van der Waals surface area (Å²) in [7, 11) is 0. The molecule has 7 heteroatoms. The number of hydrogen-bond donors (Lipinski definition) is 3. The van der Waals surface area contributed by atoms with Crippen LogP contribution in [0.4, 0.5) is 0 Å². The van der Waals surface area contributed by atoms with Crippen molar-refractivity contribution < 1.29 is 24.2 Å². The molecule has 1 amide bonds. The summed E-state index contributed by atoms with van der Waals surface area (Å²) in [6.45, 7) is 4.79. The molecule has 0 spiro atoms. The molecule has 0 heterocycles. The number of carbonyl (C=O) groups is 3. The van der Waals surface area contributed by atoms with E-state index in [0.29, 0.717) is 45.1 Å². The zero-order chi connectivity index (χ0) is 38.2. The quantitative estimate of drug-likeness (QED) is 0.0333. The van der Waals surface area contributed by atoms with E-state index in [2.05, 4.69) is 67.8 Å². The SMILES string of the molecule is CC/C=C\C/C=C\C/C=C\C/C=C\C/C=C\C(CCCCC(=O)NC(CCCN)C(=O)O)OC(=O)CCCCCCCCCCCCCCCCC. The van der Waals surface area contributed by atoms with Crippen LogP contribution in [-0.4, -0.2) is 41.6 Å². The minimum Gasteiger partial charge on any atom is -0.480 e. The topological polar surface area (TPSA) is 119 Å². The van der Waals surface area contributed by atoms with Crippen molar-refractivity contribution in [1.29, 1.82) is 0 Å². The Morgan fingerprint density at radius 1 is 0.577 bits per heavy atom. The van der Waals surface area contributed by atoms with Gasteiger partial charge in [0.15, 0.2) is 0 Å². The second kappa shape index (κ2) is 39.3. The van der Waals surface area contributed by atoms with Crippen molar-refractivity contribution in [2.45, 2.75) is 199 Å². The fourth-order valence-corrected chi connectivity index (χ4v) is 5.92. The van der Waals surface area contributed by atoms with E-state index in [-0.39, 0.29) is 24.4 Å². The molecule has 0 saturated carbocycles. The molecule has 298 valence electrons. The molecule has 0 aromatic rings. The fourth-order valence-electron chi connectivity index (χ4n) is 5.92. The number of esters is 1. The molecular formula is C45H78N2O5. The number of aliphatic carboxylic acids is 1. The Kier molecular flexibility index (Phi) is 37.1. The summed E-state index contributed by atoms with van der Waals surface area (Å²) in [4.78, 5) is 36.5. The van der Waals surface area contributed by atoms with Gasteiger partial charge in [0.2, 0.25) is 5.91 Å². The minimum atomic E-state index is -1.04. The lowest BCUT2D eigenvalue weighted by molar-refractivity contribution is -0.147. The van der Waals surface area contributed by atoms with Gasteiger partial charge in [0.1, 0.15) is 12.1 Å². The molecule has 0 radical (unpaired) electrons. The van der Waals surface area contributed by atoms with Gasteiger partial charge in [0.05, 0.1) is 0 Å². The van der Waals surface area contributed by atoms with Crippen LogP contribution in [0.15, 0.2) is 60.8 Å². The zero-order valence-electron chi connectivity index (χ0n) is 33.4. The number of nitrogens with two attached hydrogens (primary N) is 1. The molecule has 4 N–H and O–H groups in total. The van der Waals surface area contributed by atoms with Crippen molar-refractivity contribution in [3.8, 4) is 0 Å². The van der Waals surface area contributed by atoms with Gasteiger partial charge in [0, 0.05) is 12.8 Å². The van der Waals surface area contributed by atoms with E-state index in [0.717, 1.165) is 44.9 Å². The predicted octanol–water partition coefficient (Wildman–Crippen LogP) is 11.8. The second-order valence-electron chi connectivity index (χ2n) is 14.0. The summed E-state index contributed by atoms with van der Waals surface area (Å²) in [6, 6.07) is -0.911. The molecular weight excluding hydrogens is 649 g/mol. The normalized spacial score (nSPS) is 13.3. The lowest BCUT2D eigenvalue weighted by Gasteiger charge is -2.16. The summed E-state index contributed by atoms with van der Waals surface area (Å²) in [5.74, 6) is -1.48. The maximum atomic E-state index is 12.7. The average Bonchev–Trinajstić information content (AvgIpc) is 3.13. The average molecular weight is 727 g/mol. The van der Waals surface area contributed by atoms with E-state index in [1.165, 1.54) is 83.5 Å². The van der Waals surface area contributed by atoms with Gasteiger partial charge in [-0.15, -0.1) is 0 Å². The molecule has 0 fully saturated rings. The number of amides is 1. The van der Waals surface area contributed by atoms with Gasteiger partial charge in [-0.05, 0) is 83.2 Å². The molecule has 0 aliphatic heterocycles. The highest BCUT2D eigenvalue weighted by molar-refractivity contribution is 5.83. The Balaban J connectivity index is 4.52. The molecule has 2 atom stereocenters. The lowest BCUT2D eigenvalue weighted by atomic mass is 10.0. The lowest BCUT2D eigenvalue weighted by Crippen LogP contribution is -2.40. The van der Waals surface area contributed by atoms with E-state index in [1.54, 1.807) is 0 Å². The van der Waals surface area contributed by atoms with Crippen LogP contribution >= 0.6 is 0 Å². The van der Waals surface area contributed by atoms with E-state index in [9.17, 15) is 19.5 Å². The van der Waals surface area contributed by atoms with Gasteiger partial charge >= 0.3 is 11.9 Å². The third-order valence-electron chi connectivity index (χ3n) is 9.08. The van der Waals surface area contributed by atoms with Crippen LogP contribution < -0.4 is 11.1 Å². The second-order valence-corrected chi connectivity index (χ2v) is 14.0. The van der Waals surface area contributed by atoms with Crippen LogP contribution in [0, 0.1) is 0 Å². The Labute approximate surface area is 319 Å². The molecule has 2 unspecified atom stereocenters. The third kappa shape index (κ3) is 35.5. The van der Waals surface area contributed by atoms with Crippen molar-refractivity contribution in [3.63, 3.8) is 0 Å². The van der Waals surface area contributed by atoms with Crippen LogP contribution in [0.5, 0.6) is 0 Å². The van der Waals surface area contributed by atoms with Gasteiger partial charge < -0.3 is 20.9 Å². The van der Waals surface area contributed by atoms with Gasteiger partial charge in [-0.2, -0.15) is 0 Å². The van der Waals surface area contributed by atoms with Crippen LogP contribution in [0.25, 0.3) is 0 Å². The van der Waals surface area contributed by atoms with Gasteiger partial charge in [-0.3, -0.25) is 9.59 Å². The summed E-state index contributed by atoms with van der Waals surface area (Å²) in [5.41, 5.74) is 5.50. The van der Waals surface area contributed by atoms with E-state index >= 15 is 0 Å². The van der Waals surface area contributed by atoms with E-state index in [4.69, 9.17) is 10.5 Å². The highest BCUT2D eigenvalue weighted by Crippen LogP contribution is 2.15. The first-order valence-corrected chi connectivity index (χ1v) is 21.1. The van der Waals surface area contributed by atoms with Crippen molar-refractivity contribution in [3.05, 3.63) is 60.8 Å². The van der Waals surface area contributed by atoms with Crippen LogP contribution in [-0.2, 0) is 19.1 Å². The Hall–Kier alpha value is -2.93. The minimum absolute atomic E-state index is 0.164. The molecule has 0 aromatic heterocycles. The maximum absolute atomic E-state index is 12.7. The molecule has 0 aliphatic rings. The first-order valence-electron chi connectivity index (χ1n) is 21.1. The maximum Gasteiger partial charge on any atom is 0.326 e. The van der Waals surface area contributed by atoms with Crippen LogP contribution in [0.2, 0.25) is 0 Å². The number of allylic oxidation sites excluding steroid dienone is 9. The summed E-state index contributed by atoms with van der Waals surface area (Å²) >= 11 is 0. The highest BCUT2D eigenvalue weighted by atomic mass is 16.5. The Bertz CT molecular complexity index is 1000. The summed E-state index contributed by atoms with van der Waals surface area (Å²) in [6.07, 6.45) is 48.4. The molecule has 0 saturated heterocycles. The van der Waals surface area contributed by atoms with Crippen LogP contribution in [0.3, 0.4) is 0 Å². The van der Waals surface area contributed by atoms with Crippen molar-refractivity contribution >= 4 is 17.8 Å². The standard InChI is InChI=1S/C45H78N2O5/c1-3-5-7-9-11-13-15-17-19-21-23-25-27-29-31-39-44(49)52-41(36-32-33-38-43(48)47-42(45(50)51)37-34-40-46)35-30-28-26-24-22-20-18-16-14-12-10-8-6-4-2/h6,8,12,14,18,20,24,26,30,35,41-42H,3-5,7,9-11,13,15-17,19,21-23,25,27-29,31-34,36-40,46H2,1-2H3,(H,47,48)(H,50,51)/b8-6-,14-12-,20-18-,26-24-,35-30-. The first kappa shape index (κ1) is 49.1. The molecule has 0 aliphatic carbocycles. The zero-order valence-corrected chi connectivity index (χ0v) is 33.4. The summed E-state index contributed by atoms with van der Waals surface area (Å²) in [5, 5.41) is 12.0. The monoisotopic (exact) mass is 727 g/mol. The largest absolute Gasteiger partial charge is 0.480 e.